The highest BCUT2D eigenvalue weighted by atomic mass is 32.1. The first kappa shape index (κ1) is 17.2. The molecule has 0 aliphatic carbocycles. The van der Waals surface area contributed by atoms with Gasteiger partial charge in [-0.1, -0.05) is 30.1 Å². The van der Waals surface area contributed by atoms with Gasteiger partial charge in [-0.2, -0.15) is 16.3 Å². The van der Waals surface area contributed by atoms with Gasteiger partial charge < -0.3 is 9.26 Å². The number of nitrogens with zero attached hydrogens (tertiary/aromatic N) is 3. The lowest BCUT2D eigenvalue weighted by Crippen LogP contribution is -2.28. The first-order valence-electron chi connectivity index (χ1n) is 9.06. The van der Waals surface area contributed by atoms with E-state index in [0.717, 1.165) is 24.3 Å². The quantitative estimate of drug-likeness (QED) is 0.639. The van der Waals surface area contributed by atoms with Crippen LogP contribution in [0.4, 0.5) is 0 Å². The molecule has 3 heterocycles. The largest absolute Gasteiger partial charge is 0.497 e. The molecule has 1 saturated heterocycles. The molecule has 0 bridgehead atoms. The minimum atomic E-state index is 0.375. The Labute approximate surface area is 157 Å². The van der Waals surface area contributed by atoms with E-state index in [4.69, 9.17) is 9.26 Å². The highest BCUT2D eigenvalue weighted by Crippen LogP contribution is 2.32. The van der Waals surface area contributed by atoms with Crippen molar-refractivity contribution in [3.8, 4) is 17.1 Å². The summed E-state index contributed by atoms with van der Waals surface area (Å²) in [4.78, 5) is 7.07. The van der Waals surface area contributed by atoms with Crippen LogP contribution in [0.25, 0.3) is 11.4 Å². The molecule has 0 amide bonds. The maximum absolute atomic E-state index is 5.53. The van der Waals surface area contributed by atoms with E-state index in [2.05, 4.69) is 27.2 Å². The Balaban J connectivity index is 1.53. The van der Waals surface area contributed by atoms with Crippen molar-refractivity contribution in [2.45, 2.75) is 38.3 Å². The number of methoxy groups -OCH3 is 1. The normalized spacial score (nSPS) is 18.6. The molecular weight excluding hydrogens is 346 g/mol. The van der Waals surface area contributed by atoms with Crippen molar-refractivity contribution in [1.82, 2.24) is 15.0 Å². The molecule has 6 heteroatoms. The fourth-order valence-corrected chi connectivity index (χ4v) is 4.20. The monoisotopic (exact) mass is 369 g/mol. The zero-order chi connectivity index (χ0) is 17.8. The van der Waals surface area contributed by atoms with Crippen LogP contribution in [0.3, 0.4) is 0 Å². The third-order valence-corrected chi connectivity index (χ3v) is 5.63. The highest BCUT2D eigenvalue weighted by Gasteiger charge is 2.24. The zero-order valence-electron chi connectivity index (χ0n) is 14.9. The Kier molecular flexibility index (Phi) is 5.32. The van der Waals surface area contributed by atoms with Crippen molar-refractivity contribution in [2.24, 2.45) is 0 Å². The van der Waals surface area contributed by atoms with Crippen LogP contribution in [0, 0.1) is 0 Å². The molecule has 0 radical (unpaired) electrons. The van der Waals surface area contributed by atoms with Gasteiger partial charge in [0.25, 0.3) is 0 Å². The second-order valence-corrected chi connectivity index (χ2v) is 7.41. The first-order chi connectivity index (χ1) is 12.8. The average Bonchev–Trinajstić information content (AvgIpc) is 3.31. The Morgan fingerprint density at radius 3 is 2.85 bits per heavy atom. The number of likely N-dealkylation sites (tertiary alicyclic amines) is 1. The number of hydrogen-bond acceptors (Lipinski definition) is 6. The van der Waals surface area contributed by atoms with Crippen LogP contribution in [-0.2, 0) is 6.54 Å². The van der Waals surface area contributed by atoms with E-state index in [1.807, 2.05) is 29.0 Å². The molecule has 1 aliphatic heterocycles. The smallest absolute Gasteiger partial charge is 0.241 e. The summed E-state index contributed by atoms with van der Waals surface area (Å²) >= 11 is 1.64. The summed E-state index contributed by atoms with van der Waals surface area (Å²) in [6, 6.07) is 10.8. The maximum atomic E-state index is 5.53. The molecule has 1 fully saturated rings. The van der Waals surface area contributed by atoms with Crippen LogP contribution in [0.1, 0.15) is 43.2 Å². The highest BCUT2D eigenvalue weighted by molar-refractivity contribution is 7.08. The van der Waals surface area contributed by atoms with E-state index in [9.17, 15) is 0 Å². The van der Waals surface area contributed by atoms with Crippen molar-refractivity contribution in [3.63, 3.8) is 0 Å². The minimum absolute atomic E-state index is 0.375. The Bertz CT molecular complexity index is 814. The lowest BCUT2D eigenvalue weighted by atomic mass is 10.0. The summed E-state index contributed by atoms with van der Waals surface area (Å²) in [7, 11) is 1.70. The average molecular weight is 369 g/mol. The fraction of sp³-hybridized carbons (Fsp3) is 0.400. The van der Waals surface area contributed by atoms with Crippen LogP contribution >= 0.6 is 11.3 Å². The van der Waals surface area contributed by atoms with E-state index in [-0.39, 0.29) is 0 Å². The Morgan fingerprint density at radius 2 is 2.08 bits per heavy atom. The Hall–Kier alpha value is -2.18. The van der Waals surface area contributed by atoms with Gasteiger partial charge >= 0.3 is 0 Å². The van der Waals surface area contributed by atoms with E-state index in [1.165, 1.54) is 24.8 Å². The van der Waals surface area contributed by atoms with Crippen LogP contribution in [0.15, 0.2) is 45.6 Å². The van der Waals surface area contributed by atoms with Crippen molar-refractivity contribution >= 4 is 11.3 Å². The van der Waals surface area contributed by atoms with Crippen molar-refractivity contribution < 1.29 is 9.26 Å². The predicted octanol–water partition coefficient (Wildman–Crippen LogP) is 4.92. The van der Waals surface area contributed by atoms with Crippen LogP contribution in [-0.4, -0.2) is 28.7 Å². The summed E-state index contributed by atoms with van der Waals surface area (Å²) < 4.78 is 10.8. The molecule has 0 N–H and O–H groups in total. The van der Waals surface area contributed by atoms with Gasteiger partial charge in [-0.05, 0) is 48.5 Å². The number of benzene rings is 1. The van der Waals surface area contributed by atoms with Gasteiger partial charge in [0.2, 0.25) is 11.7 Å². The predicted molar refractivity (Wildman–Crippen MR) is 102 cm³/mol. The molecule has 1 atom stereocenters. The van der Waals surface area contributed by atoms with Crippen molar-refractivity contribution in [3.05, 3.63) is 52.5 Å². The SMILES string of the molecule is COc1ccc([C@@H]2CCCCCN2Cc2nc(-c3ccsc3)no2)cc1. The van der Waals surface area contributed by atoms with Crippen LogP contribution in [0.5, 0.6) is 5.75 Å². The van der Waals surface area contributed by atoms with Crippen LogP contribution in [0.2, 0.25) is 0 Å². The van der Waals surface area contributed by atoms with Gasteiger partial charge in [0.15, 0.2) is 0 Å². The number of aromatic nitrogens is 2. The van der Waals surface area contributed by atoms with Gasteiger partial charge in [-0.25, -0.2) is 0 Å². The zero-order valence-corrected chi connectivity index (χ0v) is 15.7. The third-order valence-electron chi connectivity index (χ3n) is 4.95. The van der Waals surface area contributed by atoms with E-state index < -0.39 is 0 Å². The lowest BCUT2D eigenvalue weighted by Gasteiger charge is -2.29. The maximum Gasteiger partial charge on any atom is 0.241 e. The summed E-state index contributed by atoms with van der Waals surface area (Å²) in [6.07, 6.45) is 4.88. The second-order valence-electron chi connectivity index (χ2n) is 6.63. The molecule has 1 aromatic carbocycles. The molecule has 136 valence electrons. The molecule has 4 rings (SSSR count). The molecule has 0 spiro atoms. The number of rotatable bonds is 5. The molecule has 3 aromatic rings. The summed E-state index contributed by atoms with van der Waals surface area (Å²) in [5.74, 6) is 2.26. The van der Waals surface area contributed by atoms with Gasteiger partial charge in [-0.3, -0.25) is 4.90 Å². The summed E-state index contributed by atoms with van der Waals surface area (Å²) in [6.45, 7) is 1.74. The third kappa shape index (κ3) is 3.81. The molecular formula is C20H23N3O2S. The second kappa shape index (κ2) is 8.01. The topological polar surface area (TPSA) is 51.4 Å². The van der Waals surface area contributed by atoms with E-state index in [0.29, 0.717) is 24.3 Å². The summed E-state index contributed by atoms with van der Waals surface area (Å²) in [5, 5.41) is 8.22. The van der Waals surface area contributed by atoms with Crippen molar-refractivity contribution in [2.75, 3.05) is 13.7 Å². The minimum Gasteiger partial charge on any atom is -0.497 e. The molecule has 0 saturated carbocycles. The number of ether oxygens (including phenoxy) is 1. The molecule has 1 aliphatic rings. The first-order valence-corrected chi connectivity index (χ1v) is 10.0. The molecule has 2 aromatic heterocycles. The molecule has 0 unspecified atom stereocenters. The lowest BCUT2D eigenvalue weighted by molar-refractivity contribution is 0.168. The molecule has 5 nitrogen and oxygen atoms in total. The Morgan fingerprint density at radius 1 is 1.19 bits per heavy atom. The van der Waals surface area contributed by atoms with Gasteiger partial charge in [-0.15, -0.1) is 0 Å². The number of hydrogen-bond donors (Lipinski definition) is 0. The van der Waals surface area contributed by atoms with Gasteiger partial charge in [0, 0.05) is 17.0 Å². The van der Waals surface area contributed by atoms with Crippen LogP contribution < -0.4 is 4.74 Å². The standard InChI is InChI=1S/C20H23N3O2S/c1-24-17-8-6-15(7-9-17)18-5-3-2-4-11-23(18)13-19-21-20(22-25-19)16-10-12-26-14-16/h6-10,12,14,18H,2-5,11,13H2,1H3/t18-/m0/s1. The fourth-order valence-electron chi connectivity index (χ4n) is 3.56. The van der Waals surface area contributed by atoms with Gasteiger partial charge in [0.05, 0.1) is 13.7 Å². The summed E-state index contributed by atoms with van der Waals surface area (Å²) in [5.41, 5.74) is 2.35. The van der Waals surface area contributed by atoms with Gasteiger partial charge in [0.1, 0.15) is 5.75 Å². The molecule has 26 heavy (non-hydrogen) atoms. The number of thiophene rings is 1. The van der Waals surface area contributed by atoms with E-state index in [1.54, 1.807) is 18.4 Å². The van der Waals surface area contributed by atoms with E-state index >= 15 is 0 Å². The van der Waals surface area contributed by atoms with Crippen molar-refractivity contribution in [1.29, 1.82) is 0 Å².